The van der Waals surface area contributed by atoms with Gasteiger partial charge in [-0.25, -0.2) is 0 Å². The van der Waals surface area contributed by atoms with Crippen LogP contribution < -0.4 is 27.4 Å². The molecule has 9 N–H and O–H groups in total. The number of carbonyl (C=O) groups excluding carboxylic acids is 4. The lowest BCUT2D eigenvalue weighted by Crippen LogP contribution is -2.58. The van der Waals surface area contributed by atoms with Crippen molar-refractivity contribution in [1.29, 1.82) is 0 Å². The number of aliphatic hydroxyl groups is 1. The van der Waals surface area contributed by atoms with E-state index >= 15 is 0 Å². The number of rotatable bonds is 12. The number of benzene rings is 2. The zero-order valence-corrected chi connectivity index (χ0v) is 19.6. The van der Waals surface area contributed by atoms with Crippen molar-refractivity contribution in [2.75, 3.05) is 13.2 Å². The largest absolute Gasteiger partial charge is 0.394 e. The van der Waals surface area contributed by atoms with Crippen LogP contribution in [0.15, 0.2) is 60.8 Å². The topological polar surface area (TPSA) is 192 Å². The van der Waals surface area contributed by atoms with E-state index in [1.54, 1.807) is 30.5 Å². The zero-order valence-electron chi connectivity index (χ0n) is 19.6. The van der Waals surface area contributed by atoms with E-state index < -0.39 is 48.4 Å². The van der Waals surface area contributed by atoms with Crippen LogP contribution in [-0.4, -0.2) is 65.0 Å². The lowest BCUT2D eigenvalue weighted by atomic mass is 10.0. The Morgan fingerprint density at radius 2 is 1.47 bits per heavy atom. The third kappa shape index (κ3) is 6.90. The molecule has 3 atom stereocenters. The number of nitrogens with one attached hydrogen (secondary N) is 4. The van der Waals surface area contributed by atoms with Gasteiger partial charge in [-0.2, -0.15) is 0 Å². The molecule has 36 heavy (non-hydrogen) atoms. The van der Waals surface area contributed by atoms with Crippen molar-refractivity contribution in [3.05, 3.63) is 71.9 Å². The Hall–Kier alpha value is -4.22. The van der Waals surface area contributed by atoms with Crippen molar-refractivity contribution < 1.29 is 24.3 Å². The van der Waals surface area contributed by atoms with E-state index in [0.717, 1.165) is 22.0 Å². The first kappa shape index (κ1) is 26.4. The summed E-state index contributed by atoms with van der Waals surface area (Å²) in [4.78, 5) is 53.0. The number of amides is 4. The Labute approximate surface area is 207 Å². The molecule has 2 aromatic carbocycles. The number of carbonyl (C=O) groups is 4. The molecule has 0 radical (unpaired) electrons. The van der Waals surface area contributed by atoms with Crippen LogP contribution in [0.3, 0.4) is 0 Å². The summed E-state index contributed by atoms with van der Waals surface area (Å²) in [5.74, 6) is -2.79. The fourth-order valence-corrected chi connectivity index (χ4v) is 3.79. The average Bonchev–Trinajstić information content (AvgIpc) is 3.29. The minimum Gasteiger partial charge on any atom is -0.394 e. The van der Waals surface area contributed by atoms with E-state index in [1.165, 1.54) is 0 Å². The quantitative estimate of drug-likeness (QED) is 0.166. The fourth-order valence-electron chi connectivity index (χ4n) is 3.79. The molecule has 1 aromatic heterocycles. The van der Waals surface area contributed by atoms with Gasteiger partial charge in [-0.15, -0.1) is 0 Å². The molecule has 0 aliphatic heterocycles. The van der Waals surface area contributed by atoms with Crippen LogP contribution >= 0.6 is 0 Å². The Kier molecular flexibility index (Phi) is 9.14. The molecule has 0 aliphatic carbocycles. The van der Waals surface area contributed by atoms with Gasteiger partial charge in [0.2, 0.25) is 23.6 Å². The van der Waals surface area contributed by atoms with Crippen LogP contribution in [0, 0.1) is 0 Å². The number of para-hydroxylation sites is 1. The summed E-state index contributed by atoms with van der Waals surface area (Å²) in [6, 6.07) is 13.0. The second-order valence-electron chi connectivity index (χ2n) is 8.28. The van der Waals surface area contributed by atoms with E-state index in [0.29, 0.717) is 0 Å². The van der Waals surface area contributed by atoms with E-state index in [2.05, 4.69) is 20.9 Å². The number of hydrogen-bond acceptors (Lipinski definition) is 6. The second-order valence-corrected chi connectivity index (χ2v) is 8.28. The first-order valence-electron chi connectivity index (χ1n) is 11.4. The summed E-state index contributed by atoms with van der Waals surface area (Å²) in [7, 11) is 0. The molecule has 0 saturated carbocycles. The summed E-state index contributed by atoms with van der Waals surface area (Å²) >= 11 is 0. The molecule has 0 bridgehead atoms. The second kappa shape index (κ2) is 12.5. The molecule has 11 heteroatoms. The molecule has 0 unspecified atom stereocenters. The van der Waals surface area contributed by atoms with Crippen molar-refractivity contribution in [1.82, 2.24) is 20.9 Å². The Balaban J connectivity index is 1.83. The molecule has 0 saturated heterocycles. The summed E-state index contributed by atoms with van der Waals surface area (Å²) < 4.78 is 0. The van der Waals surface area contributed by atoms with Crippen molar-refractivity contribution in [2.24, 2.45) is 11.5 Å². The molecule has 1 heterocycles. The lowest BCUT2D eigenvalue weighted by Gasteiger charge is -2.24. The predicted molar refractivity (Wildman–Crippen MR) is 133 cm³/mol. The van der Waals surface area contributed by atoms with Gasteiger partial charge in [-0.1, -0.05) is 48.5 Å². The van der Waals surface area contributed by atoms with Gasteiger partial charge in [-0.05, 0) is 17.2 Å². The van der Waals surface area contributed by atoms with Gasteiger partial charge in [0.25, 0.3) is 0 Å². The van der Waals surface area contributed by atoms with Gasteiger partial charge < -0.3 is 37.5 Å². The number of nitrogens with two attached hydrogens (primary N) is 2. The predicted octanol–water partition coefficient (Wildman–Crippen LogP) is -1.16. The molecular formula is C25H30N6O5. The number of fused-ring (bicyclic) bond motifs is 1. The average molecular weight is 495 g/mol. The highest BCUT2D eigenvalue weighted by Crippen LogP contribution is 2.19. The maximum absolute atomic E-state index is 13.3. The molecular weight excluding hydrogens is 464 g/mol. The lowest BCUT2D eigenvalue weighted by molar-refractivity contribution is -0.133. The molecule has 0 spiro atoms. The third-order valence-electron chi connectivity index (χ3n) is 5.69. The Bertz CT molecular complexity index is 1210. The highest BCUT2D eigenvalue weighted by atomic mass is 16.3. The first-order valence-corrected chi connectivity index (χ1v) is 11.4. The molecule has 11 nitrogen and oxygen atoms in total. The van der Waals surface area contributed by atoms with E-state index in [-0.39, 0.29) is 19.4 Å². The number of primary amides is 1. The third-order valence-corrected chi connectivity index (χ3v) is 5.69. The summed E-state index contributed by atoms with van der Waals surface area (Å²) in [5, 5.41) is 18.0. The van der Waals surface area contributed by atoms with Gasteiger partial charge in [-0.3, -0.25) is 19.2 Å². The zero-order chi connectivity index (χ0) is 26.1. The van der Waals surface area contributed by atoms with Crippen molar-refractivity contribution in [3.8, 4) is 0 Å². The van der Waals surface area contributed by atoms with Crippen molar-refractivity contribution in [3.63, 3.8) is 0 Å². The van der Waals surface area contributed by atoms with E-state index in [4.69, 9.17) is 11.5 Å². The Morgan fingerprint density at radius 1 is 0.833 bits per heavy atom. The highest BCUT2D eigenvalue weighted by molar-refractivity contribution is 5.95. The van der Waals surface area contributed by atoms with Gasteiger partial charge in [0.15, 0.2) is 0 Å². The summed E-state index contributed by atoms with van der Waals surface area (Å²) in [6.45, 7) is -1.07. The fraction of sp³-hybridized carbons (Fsp3) is 0.280. The standard InChI is InChI=1S/C25H30N6O5/c26-12-22(33)29-21(14-32)25(36)31-20(11-16-13-28-18-9-5-4-8-17(16)18)24(35)30-19(23(27)34)10-15-6-2-1-3-7-15/h1-9,13,19-21,28,32H,10-12,14,26H2,(H2,27,34)(H,29,33)(H,30,35)(H,31,36)/t19-,20-,21-/m0/s1. The van der Waals surface area contributed by atoms with Crippen LogP contribution in [0.4, 0.5) is 0 Å². The van der Waals surface area contributed by atoms with E-state index in [1.807, 2.05) is 30.3 Å². The van der Waals surface area contributed by atoms with Gasteiger partial charge in [0.1, 0.15) is 18.1 Å². The smallest absolute Gasteiger partial charge is 0.245 e. The van der Waals surface area contributed by atoms with Crippen LogP contribution in [0.1, 0.15) is 11.1 Å². The molecule has 3 rings (SSSR count). The SMILES string of the molecule is NCC(=O)N[C@@H](CO)C(=O)N[C@@H](Cc1c[nH]c2ccccc12)C(=O)N[C@@H](Cc1ccccc1)C(N)=O. The van der Waals surface area contributed by atoms with Gasteiger partial charge in [0, 0.05) is 29.9 Å². The van der Waals surface area contributed by atoms with Gasteiger partial charge >= 0.3 is 0 Å². The number of aliphatic hydroxyl groups excluding tert-OH is 1. The highest BCUT2D eigenvalue weighted by Gasteiger charge is 2.29. The molecule has 4 amide bonds. The first-order chi connectivity index (χ1) is 17.3. The minimum atomic E-state index is -1.31. The monoisotopic (exact) mass is 494 g/mol. The van der Waals surface area contributed by atoms with Crippen LogP contribution in [-0.2, 0) is 32.0 Å². The summed E-state index contributed by atoms with van der Waals surface area (Å²) in [5.41, 5.74) is 13.2. The molecule has 0 aliphatic rings. The van der Waals surface area contributed by atoms with Gasteiger partial charge in [0.05, 0.1) is 13.2 Å². The van der Waals surface area contributed by atoms with Crippen molar-refractivity contribution >= 4 is 34.5 Å². The number of H-pyrrole nitrogens is 1. The Morgan fingerprint density at radius 3 is 2.14 bits per heavy atom. The maximum Gasteiger partial charge on any atom is 0.245 e. The van der Waals surface area contributed by atoms with Crippen LogP contribution in [0.25, 0.3) is 10.9 Å². The summed E-state index contributed by atoms with van der Waals surface area (Å²) in [6.07, 6.45) is 1.97. The van der Waals surface area contributed by atoms with E-state index in [9.17, 15) is 24.3 Å². The van der Waals surface area contributed by atoms with Crippen molar-refractivity contribution in [2.45, 2.75) is 31.0 Å². The van der Waals surface area contributed by atoms with Crippen LogP contribution in [0.2, 0.25) is 0 Å². The normalized spacial score (nSPS) is 13.4. The number of aromatic amines is 1. The maximum atomic E-state index is 13.3. The number of aromatic nitrogens is 1. The number of hydrogen-bond donors (Lipinski definition) is 7. The molecule has 3 aromatic rings. The molecule has 0 fully saturated rings. The molecule has 190 valence electrons. The minimum absolute atomic E-state index is 0.0708. The van der Waals surface area contributed by atoms with Crippen LogP contribution in [0.5, 0.6) is 0 Å².